The van der Waals surface area contributed by atoms with Crippen molar-refractivity contribution in [3.05, 3.63) is 82.8 Å². The molecule has 7 heteroatoms. The van der Waals surface area contributed by atoms with Gasteiger partial charge in [0, 0.05) is 18.8 Å². The number of benzene rings is 2. The summed E-state index contributed by atoms with van der Waals surface area (Å²) in [4.78, 5) is 27.5. The second-order valence-corrected chi connectivity index (χ2v) is 7.83. The van der Waals surface area contributed by atoms with Crippen molar-refractivity contribution in [1.29, 1.82) is 0 Å². The Bertz CT molecular complexity index is 975. The average molecular weight is 423 g/mol. The van der Waals surface area contributed by atoms with Crippen LogP contribution in [0.3, 0.4) is 0 Å². The monoisotopic (exact) mass is 423 g/mol. The molecule has 0 unspecified atom stereocenters. The van der Waals surface area contributed by atoms with Gasteiger partial charge in [0.15, 0.2) is 0 Å². The number of carbonyl (C=O) groups is 2. The van der Waals surface area contributed by atoms with Crippen molar-refractivity contribution in [3.8, 4) is 0 Å². The third-order valence-corrected chi connectivity index (χ3v) is 5.78. The van der Waals surface area contributed by atoms with Crippen LogP contribution >= 0.6 is 0 Å². The molecule has 0 bridgehead atoms. The fraction of sp³-hybridized carbons (Fsp3) is 0.333. The molecule has 2 aliphatic rings. The van der Waals surface area contributed by atoms with E-state index in [0.717, 1.165) is 19.5 Å². The largest absolute Gasteiger partial charge is 0.463 e. The van der Waals surface area contributed by atoms with Crippen molar-refractivity contribution in [1.82, 2.24) is 15.5 Å². The number of hydrogen-bond acceptors (Lipinski definition) is 4. The van der Waals surface area contributed by atoms with Crippen molar-refractivity contribution in [3.63, 3.8) is 0 Å². The molecule has 0 aromatic heterocycles. The van der Waals surface area contributed by atoms with Gasteiger partial charge in [-0.25, -0.2) is 14.0 Å². The highest BCUT2D eigenvalue weighted by molar-refractivity contribution is 5.95. The molecule has 0 spiro atoms. The van der Waals surface area contributed by atoms with Crippen LogP contribution in [-0.2, 0) is 9.53 Å². The average Bonchev–Trinajstić information content (AvgIpc) is 3.23. The van der Waals surface area contributed by atoms with E-state index in [0.29, 0.717) is 29.3 Å². The Morgan fingerprint density at radius 2 is 1.87 bits per heavy atom. The predicted molar refractivity (Wildman–Crippen MR) is 115 cm³/mol. The van der Waals surface area contributed by atoms with Gasteiger partial charge in [-0.2, -0.15) is 0 Å². The van der Waals surface area contributed by atoms with E-state index in [-0.39, 0.29) is 12.4 Å². The fourth-order valence-corrected chi connectivity index (χ4v) is 4.29. The first-order valence-corrected chi connectivity index (χ1v) is 10.6. The van der Waals surface area contributed by atoms with E-state index in [4.69, 9.17) is 4.74 Å². The topological polar surface area (TPSA) is 70.7 Å². The number of rotatable bonds is 6. The van der Waals surface area contributed by atoms with Gasteiger partial charge >= 0.3 is 12.0 Å². The van der Waals surface area contributed by atoms with Gasteiger partial charge in [-0.3, -0.25) is 4.90 Å². The molecule has 0 aliphatic carbocycles. The molecule has 2 aliphatic heterocycles. The molecule has 6 nitrogen and oxygen atoms in total. The first-order chi connectivity index (χ1) is 15.0. The third kappa shape index (κ3) is 4.77. The molecule has 4 rings (SSSR count). The van der Waals surface area contributed by atoms with Crippen LogP contribution in [-0.4, -0.2) is 43.1 Å². The highest BCUT2D eigenvalue weighted by atomic mass is 19.1. The Morgan fingerprint density at radius 3 is 2.58 bits per heavy atom. The molecule has 0 saturated carbocycles. The van der Waals surface area contributed by atoms with Gasteiger partial charge < -0.3 is 15.4 Å². The maximum absolute atomic E-state index is 13.4. The normalized spacial score (nSPS) is 21.5. The summed E-state index contributed by atoms with van der Waals surface area (Å²) in [6, 6.07) is 15.0. The first-order valence-electron chi connectivity index (χ1n) is 10.6. The maximum Gasteiger partial charge on any atom is 0.338 e. The summed E-state index contributed by atoms with van der Waals surface area (Å²) < 4.78 is 18.7. The second-order valence-electron chi connectivity index (χ2n) is 7.83. The zero-order valence-corrected chi connectivity index (χ0v) is 17.4. The van der Waals surface area contributed by atoms with Crippen molar-refractivity contribution in [2.45, 2.75) is 25.3 Å². The highest BCUT2D eigenvalue weighted by Crippen LogP contribution is 2.31. The first kappa shape index (κ1) is 21.1. The summed E-state index contributed by atoms with van der Waals surface area (Å²) in [5.41, 5.74) is 2.81. The van der Waals surface area contributed by atoms with Crippen LogP contribution in [0.2, 0.25) is 0 Å². The molecule has 162 valence electrons. The van der Waals surface area contributed by atoms with Crippen molar-refractivity contribution < 1.29 is 18.7 Å². The molecule has 1 fully saturated rings. The molecular formula is C24H26FN3O3. The Hall–Kier alpha value is -3.19. The standard InChI is InChI=1S/C24H26FN3O3/c1-2-31-23(29)21-20(15-28-13-12-18(14-28)16-6-4-3-5-7-16)26-24(30)27-22(21)17-8-10-19(25)11-9-17/h3-11,18,22H,2,12-15H2,1H3,(H2,26,27,30)/t18-,22+/m0/s1. The van der Waals surface area contributed by atoms with Gasteiger partial charge in [-0.15, -0.1) is 0 Å². The summed E-state index contributed by atoms with van der Waals surface area (Å²) in [6.45, 7) is 4.10. The van der Waals surface area contributed by atoms with E-state index >= 15 is 0 Å². The smallest absolute Gasteiger partial charge is 0.338 e. The van der Waals surface area contributed by atoms with E-state index in [9.17, 15) is 14.0 Å². The van der Waals surface area contributed by atoms with E-state index in [1.807, 2.05) is 18.2 Å². The SMILES string of the molecule is CCOC(=O)C1=C(CN2CC[C@H](c3ccccc3)C2)NC(=O)N[C@@H]1c1ccc(F)cc1. The van der Waals surface area contributed by atoms with Crippen LogP contribution in [0.5, 0.6) is 0 Å². The van der Waals surface area contributed by atoms with E-state index < -0.39 is 18.0 Å². The number of carbonyl (C=O) groups excluding carboxylic acids is 2. The zero-order chi connectivity index (χ0) is 21.8. The molecule has 2 N–H and O–H groups in total. The minimum atomic E-state index is -0.698. The third-order valence-electron chi connectivity index (χ3n) is 5.78. The number of halogens is 1. The summed E-state index contributed by atoms with van der Waals surface area (Å²) >= 11 is 0. The Kier molecular flexibility index (Phi) is 6.32. The lowest BCUT2D eigenvalue weighted by Crippen LogP contribution is -2.48. The van der Waals surface area contributed by atoms with Crippen LogP contribution in [0.4, 0.5) is 9.18 Å². The number of ether oxygens (including phenoxy) is 1. The molecule has 2 aromatic rings. The van der Waals surface area contributed by atoms with Gasteiger partial charge in [0.25, 0.3) is 0 Å². The molecule has 2 heterocycles. The van der Waals surface area contributed by atoms with Crippen LogP contribution in [0, 0.1) is 5.82 Å². The molecule has 1 saturated heterocycles. The second kappa shape index (κ2) is 9.31. The number of esters is 1. The van der Waals surface area contributed by atoms with Crippen LogP contribution in [0.25, 0.3) is 0 Å². The number of likely N-dealkylation sites (tertiary alicyclic amines) is 1. The van der Waals surface area contributed by atoms with Crippen molar-refractivity contribution >= 4 is 12.0 Å². The van der Waals surface area contributed by atoms with E-state index in [2.05, 4.69) is 27.7 Å². The lowest BCUT2D eigenvalue weighted by atomic mass is 9.95. The minimum Gasteiger partial charge on any atom is -0.463 e. The number of hydrogen-bond donors (Lipinski definition) is 2. The summed E-state index contributed by atoms with van der Waals surface area (Å²) in [6.07, 6.45) is 1.01. The van der Waals surface area contributed by atoms with Gasteiger partial charge in [-0.05, 0) is 49.1 Å². The fourth-order valence-electron chi connectivity index (χ4n) is 4.29. The van der Waals surface area contributed by atoms with E-state index in [1.54, 1.807) is 19.1 Å². The minimum absolute atomic E-state index is 0.222. The lowest BCUT2D eigenvalue weighted by Gasteiger charge is -2.31. The highest BCUT2D eigenvalue weighted by Gasteiger charge is 2.35. The molecule has 0 radical (unpaired) electrons. The van der Waals surface area contributed by atoms with Crippen LogP contribution < -0.4 is 10.6 Å². The molecule has 2 aromatic carbocycles. The van der Waals surface area contributed by atoms with Crippen LogP contribution in [0.15, 0.2) is 65.9 Å². The summed E-state index contributed by atoms with van der Waals surface area (Å²) in [5.74, 6) is -0.453. The van der Waals surface area contributed by atoms with Gasteiger partial charge in [0.05, 0.1) is 18.2 Å². The summed E-state index contributed by atoms with van der Waals surface area (Å²) in [5, 5.41) is 5.59. The van der Waals surface area contributed by atoms with E-state index in [1.165, 1.54) is 17.7 Å². The summed E-state index contributed by atoms with van der Waals surface area (Å²) in [7, 11) is 0. The lowest BCUT2D eigenvalue weighted by molar-refractivity contribution is -0.139. The van der Waals surface area contributed by atoms with Gasteiger partial charge in [0.2, 0.25) is 0 Å². The maximum atomic E-state index is 13.4. The predicted octanol–water partition coefficient (Wildman–Crippen LogP) is 3.49. The Morgan fingerprint density at radius 1 is 1.13 bits per heavy atom. The number of nitrogens with zero attached hydrogens (tertiary/aromatic N) is 1. The molecular weight excluding hydrogens is 397 g/mol. The molecule has 2 atom stereocenters. The Labute approximate surface area is 181 Å². The Balaban J connectivity index is 1.61. The number of urea groups is 1. The zero-order valence-electron chi connectivity index (χ0n) is 17.4. The quantitative estimate of drug-likeness (QED) is 0.698. The number of nitrogens with one attached hydrogen (secondary N) is 2. The van der Waals surface area contributed by atoms with Gasteiger partial charge in [0.1, 0.15) is 5.82 Å². The van der Waals surface area contributed by atoms with Crippen molar-refractivity contribution in [2.24, 2.45) is 0 Å². The number of amides is 2. The molecule has 2 amide bonds. The van der Waals surface area contributed by atoms with Gasteiger partial charge in [-0.1, -0.05) is 42.5 Å². The van der Waals surface area contributed by atoms with Crippen LogP contribution in [0.1, 0.15) is 36.4 Å². The molecule has 31 heavy (non-hydrogen) atoms. The van der Waals surface area contributed by atoms with Crippen molar-refractivity contribution in [2.75, 3.05) is 26.2 Å².